The van der Waals surface area contributed by atoms with E-state index in [1.165, 1.54) is 4.90 Å². The zero-order valence-corrected chi connectivity index (χ0v) is 20.3. The van der Waals surface area contributed by atoms with Crippen LogP contribution in [0.4, 0.5) is 0 Å². The summed E-state index contributed by atoms with van der Waals surface area (Å²) in [6.45, 7) is 1.16. The number of amides is 3. The minimum Gasteiger partial charge on any atom is -0.480 e. The molecule has 3 rings (SSSR count). The van der Waals surface area contributed by atoms with Crippen LogP contribution in [0.15, 0.2) is 30.3 Å². The number of carbonyl (C=O) groups is 4. The monoisotopic (exact) mass is 508 g/mol. The quantitative estimate of drug-likeness (QED) is 0.225. The van der Waals surface area contributed by atoms with Gasteiger partial charge in [0, 0.05) is 31.2 Å². The average molecular weight is 509 g/mol. The normalized spacial score (nSPS) is 17.9. The molecule has 192 valence electrons. The molecule has 2 aliphatic rings. The maximum Gasteiger partial charge on any atom is 0.323 e. The third-order valence-corrected chi connectivity index (χ3v) is 6.05. The van der Waals surface area contributed by atoms with Crippen LogP contribution in [0.25, 0.3) is 0 Å². The van der Waals surface area contributed by atoms with Gasteiger partial charge >= 0.3 is 5.97 Å². The van der Waals surface area contributed by atoms with Crippen LogP contribution in [0, 0.1) is 11.3 Å². The summed E-state index contributed by atoms with van der Waals surface area (Å²) < 4.78 is 0. The highest BCUT2D eigenvalue weighted by atomic mass is 35.5. The van der Waals surface area contributed by atoms with Gasteiger partial charge in [0.05, 0.1) is 6.42 Å². The van der Waals surface area contributed by atoms with Crippen LogP contribution in [0.3, 0.4) is 0 Å². The van der Waals surface area contributed by atoms with Crippen LogP contribution in [0.2, 0.25) is 0 Å². The predicted octanol–water partition coefficient (Wildman–Crippen LogP) is 0.394. The molecular weight excluding hydrogens is 476 g/mol. The van der Waals surface area contributed by atoms with E-state index in [1.54, 1.807) is 35.2 Å². The standard InChI is InChI=1S/C23H32N6O5.ClH/c24-23(25)28-10-4-5-15(13-28)12-26-19(30)11-18(27-21(33)16-6-2-1-3-7-16)22(34)29(14-20(31)32)17-8-9-17;/h1-3,6-7,15,17-18H,4-5,8-14H2,(H3,24,25)(H,26,30)(H,27,33)(H,31,32);1H/t15-,18-;/m0./s1. The first-order valence-corrected chi connectivity index (χ1v) is 11.5. The number of likely N-dealkylation sites (tertiary alicyclic amines) is 1. The summed E-state index contributed by atoms with van der Waals surface area (Å²) in [7, 11) is 0. The van der Waals surface area contributed by atoms with E-state index < -0.39 is 36.3 Å². The minimum atomic E-state index is -1.19. The third kappa shape index (κ3) is 8.43. The first-order valence-electron chi connectivity index (χ1n) is 11.5. The third-order valence-electron chi connectivity index (χ3n) is 6.05. The number of benzene rings is 1. The molecular formula is C23H33ClN6O5. The Bertz CT molecular complexity index is 926. The molecule has 6 N–H and O–H groups in total. The molecule has 3 amide bonds. The summed E-state index contributed by atoms with van der Waals surface area (Å²) in [5, 5.41) is 22.3. The zero-order valence-electron chi connectivity index (χ0n) is 19.4. The lowest BCUT2D eigenvalue weighted by molar-refractivity contribution is -0.146. The number of guanidine groups is 1. The highest BCUT2D eigenvalue weighted by Crippen LogP contribution is 2.27. The van der Waals surface area contributed by atoms with Gasteiger partial charge < -0.3 is 31.3 Å². The molecule has 0 aromatic heterocycles. The molecule has 1 heterocycles. The number of carbonyl (C=O) groups excluding carboxylic acids is 3. The van der Waals surface area contributed by atoms with Crippen LogP contribution in [-0.4, -0.2) is 82.8 Å². The maximum atomic E-state index is 13.2. The number of hydrogen-bond acceptors (Lipinski definition) is 5. The Labute approximate surface area is 210 Å². The fourth-order valence-corrected chi connectivity index (χ4v) is 4.12. The van der Waals surface area contributed by atoms with Crippen molar-refractivity contribution < 1.29 is 24.3 Å². The first kappa shape index (κ1) is 27.9. The van der Waals surface area contributed by atoms with Crippen molar-refractivity contribution in [2.75, 3.05) is 26.2 Å². The van der Waals surface area contributed by atoms with Gasteiger partial charge in [-0.25, -0.2) is 0 Å². The summed E-state index contributed by atoms with van der Waals surface area (Å²) >= 11 is 0. The average Bonchev–Trinajstić information content (AvgIpc) is 3.66. The summed E-state index contributed by atoms with van der Waals surface area (Å²) in [5.41, 5.74) is 5.91. The van der Waals surface area contributed by atoms with Crippen molar-refractivity contribution in [3.63, 3.8) is 0 Å². The summed E-state index contributed by atoms with van der Waals surface area (Å²) in [5.74, 6) is -2.54. The predicted molar refractivity (Wildman–Crippen MR) is 131 cm³/mol. The van der Waals surface area contributed by atoms with Crippen LogP contribution < -0.4 is 16.4 Å². The summed E-state index contributed by atoms with van der Waals surface area (Å²) in [6.07, 6.45) is 2.83. The largest absolute Gasteiger partial charge is 0.480 e. The SMILES string of the molecule is Cl.N=C(N)N1CCC[C@@H](CNC(=O)C[C@H](NC(=O)c2ccccc2)C(=O)N(CC(=O)O)C2CC2)C1. The number of halogens is 1. The number of nitrogens with two attached hydrogens (primary N) is 1. The molecule has 2 atom stereocenters. The first-order chi connectivity index (χ1) is 16.2. The molecule has 1 aliphatic carbocycles. The van der Waals surface area contributed by atoms with Gasteiger partial charge in [-0.3, -0.25) is 24.6 Å². The summed E-state index contributed by atoms with van der Waals surface area (Å²) in [4.78, 5) is 52.9. The van der Waals surface area contributed by atoms with Crippen molar-refractivity contribution in [1.82, 2.24) is 20.4 Å². The molecule has 0 spiro atoms. The lowest BCUT2D eigenvalue weighted by Gasteiger charge is -2.33. The molecule has 0 unspecified atom stereocenters. The van der Waals surface area contributed by atoms with E-state index in [2.05, 4.69) is 10.6 Å². The Balaban J connectivity index is 0.00000432. The Kier molecular flexibility index (Phi) is 10.3. The topological polar surface area (TPSA) is 169 Å². The molecule has 1 aromatic rings. The van der Waals surface area contributed by atoms with Crippen LogP contribution in [0.1, 0.15) is 42.5 Å². The fraction of sp³-hybridized carbons (Fsp3) is 0.522. The maximum absolute atomic E-state index is 13.2. The number of nitrogens with one attached hydrogen (secondary N) is 3. The highest BCUT2D eigenvalue weighted by Gasteiger charge is 2.38. The molecule has 1 saturated carbocycles. The van der Waals surface area contributed by atoms with Crippen molar-refractivity contribution in [1.29, 1.82) is 5.41 Å². The second kappa shape index (κ2) is 12.9. The smallest absolute Gasteiger partial charge is 0.323 e. The van der Waals surface area contributed by atoms with E-state index in [4.69, 9.17) is 11.1 Å². The molecule has 0 radical (unpaired) electrons. The number of hydrogen-bond donors (Lipinski definition) is 5. The number of piperidine rings is 1. The molecule has 0 bridgehead atoms. The van der Waals surface area contributed by atoms with Gasteiger partial charge in [0.2, 0.25) is 11.8 Å². The second-order valence-electron chi connectivity index (χ2n) is 8.83. The van der Waals surface area contributed by atoms with Gasteiger partial charge in [0.1, 0.15) is 12.6 Å². The molecule has 2 fully saturated rings. The van der Waals surface area contributed by atoms with Crippen molar-refractivity contribution in [3.8, 4) is 0 Å². The number of carboxylic acids is 1. The molecule has 11 nitrogen and oxygen atoms in total. The van der Waals surface area contributed by atoms with Gasteiger partial charge in [-0.05, 0) is 43.7 Å². The van der Waals surface area contributed by atoms with Gasteiger partial charge in [0.25, 0.3) is 5.91 Å². The number of aliphatic carboxylic acids is 1. The zero-order chi connectivity index (χ0) is 24.7. The van der Waals surface area contributed by atoms with Crippen molar-refractivity contribution >= 4 is 42.1 Å². The second-order valence-corrected chi connectivity index (χ2v) is 8.83. The van der Waals surface area contributed by atoms with Gasteiger partial charge in [-0.15, -0.1) is 12.4 Å². The van der Waals surface area contributed by atoms with Crippen LogP contribution in [0.5, 0.6) is 0 Å². The Morgan fingerprint density at radius 1 is 1.17 bits per heavy atom. The van der Waals surface area contributed by atoms with E-state index in [9.17, 15) is 24.3 Å². The van der Waals surface area contributed by atoms with Gasteiger partial charge in [-0.1, -0.05) is 18.2 Å². The number of carboxylic acid groups (broad SMARTS) is 1. The van der Waals surface area contributed by atoms with E-state index in [0.29, 0.717) is 38.0 Å². The molecule has 1 aromatic carbocycles. The molecule has 1 aliphatic heterocycles. The van der Waals surface area contributed by atoms with Crippen LogP contribution >= 0.6 is 12.4 Å². The molecule has 1 saturated heterocycles. The lowest BCUT2D eigenvalue weighted by Crippen LogP contribution is -2.52. The Hall–Kier alpha value is -3.34. The lowest BCUT2D eigenvalue weighted by atomic mass is 9.98. The molecule has 35 heavy (non-hydrogen) atoms. The fourth-order valence-electron chi connectivity index (χ4n) is 4.12. The Morgan fingerprint density at radius 2 is 1.86 bits per heavy atom. The summed E-state index contributed by atoms with van der Waals surface area (Å²) in [6, 6.07) is 6.94. The highest BCUT2D eigenvalue weighted by molar-refractivity contribution is 5.99. The van der Waals surface area contributed by atoms with Gasteiger partial charge in [-0.2, -0.15) is 0 Å². The Morgan fingerprint density at radius 3 is 2.46 bits per heavy atom. The molecule has 12 heteroatoms. The number of rotatable bonds is 10. The van der Waals surface area contributed by atoms with E-state index >= 15 is 0 Å². The van der Waals surface area contributed by atoms with Crippen molar-refractivity contribution in [2.24, 2.45) is 11.7 Å². The van der Waals surface area contributed by atoms with Gasteiger partial charge in [0.15, 0.2) is 5.96 Å². The van der Waals surface area contributed by atoms with E-state index in [1.807, 2.05) is 0 Å². The number of nitrogens with zero attached hydrogens (tertiary/aromatic N) is 2. The van der Waals surface area contributed by atoms with Crippen molar-refractivity contribution in [3.05, 3.63) is 35.9 Å². The van der Waals surface area contributed by atoms with Crippen molar-refractivity contribution in [2.45, 2.75) is 44.2 Å². The van der Waals surface area contributed by atoms with E-state index in [0.717, 1.165) is 12.8 Å². The van der Waals surface area contributed by atoms with Crippen LogP contribution in [-0.2, 0) is 14.4 Å². The minimum absolute atomic E-state index is 0. The van der Waals surface area contributed by atoms with E-state index in [-0.39, 0.29) is 36.7 Å².